The lowest BCUT2D eigenvalue weighted by Crippen LogP contribution is -2.04. The van der Waals surface area contributed by atoms with Crippen molar-refractivity contribution in [2.45, 2.75) is 490 Å². The van der Waals surface area contributed by atoms with E-state index in [1.807, 2.05) is 0 Å². The van der Waals surface area contributed by atoms with E-state index in [1.54, 1.807) is 5.57 Å². The van der Waals surface area contributed by atoms with Crippen molar-refractivity contribution in [1.82, 2.24) is 0 Å². The summed E-state index contributed by atoms with van der Waals surface area (Å²) in [4.78, 5) is 0. The third-order valence-electron chi connectivity index (χ3n) is 21.3. The number of unbranched alkanes of at least 4 members (excludes halogenated alkanes) is 65. The molecule has 0 saturated heterocycles. The minimum absolute atomic E-state index is 0.524. The van der Waals surface area contributed by atoms with Crippen LogP contribution in [0.15, 0.2) is 54.6 Å². The summed E-state index contributed by atoms with van der Waals surface area (Å²) < 4.78 is 0. The molecule has 0 bridgehead atoms. The number of hydrogen-bond donors (Lipinski definition) is 0. The summed E-state index contributed by atoms with van der Waals surface area (Å²) in [6.07, 6.45) is 104. The van der Waals surface area contributed by atoms with E-state index in [0.717, 1.165) is 19.3 Å². The van der Waals surface area contributed by atoms with Gasteiger partial charge in [0.15, 0.2) is 0 Å². The molecule has 546 valence electrons. The lowest BCUT2D eigenvalue weighted by atomic mass is 9.88. The van der Waals surface area contributed by atoms with E-state index in [9.17, 15) is 0 Å². The van der Waals surface area contributed by atoms with Crippen molar-refractivity contribution in [3.05, 3.63) is 76.9 Å². The summed E-state index contributed by atoms with van der Waals surface area (Å²) in [5.41, 5.74) is 6.81. The second-order valence-electron chi connectivity index (χ2n) is 30.9. The largest absolute Gasteiger partial charge is 0.0979 e. The molecule has 0 aromatic heterocycles. The van der Waals surface area contributed by atoms with Gasteiger partial charge >= 0.3 is 0 Å². The van der Waals surface area contributed by atoms with Crippen molar-refractivity contribution in [3.8, 4) is 23.7 Å². The van der Waals surface area contributed by atoms with Crippen LogP contribution >= 0.6 is 0 Å². The molecule has 0 nitrogen and oxygen atoms in total. The average Bonchev–Trinajstić information content (AvgIpc) is 1.05. The third-order valence-corrected chi connectivity index (χ3v) is 21.3. The van der Waals surface area contributed by atoms with Gasteiger partial charge in [-0.2, -0.15) is 0 Å². The second kappa shape index (κ2) is 74.0. The predicted molar refractivity (Wildman–Crippen MR) is 432 cm³/mol. The highest BCUT2D eigenvalue weighted by Gasteiger charge is 2.12. The van der Waals surface area contributed by atoms with Gasteiger partial charge in [0.1, 0.15) is 0 Å². The second-order valence-corrected chi connectivity index (χ2v) is 30.9. The zero-order chi connectivity index (χ0) is 67.6. The van der Waals surface area contributed by atoms with E-state index in [-0.39, 0.29) is 0 Å². The van der Waals surface area contributed by atoms with E-state index in [4.69, 9.17) is 0 Å². The van der Waals surface area contributed by atoms with E-state index >= 15 is 0 Å². The predicted octanol–water partition coefficient (Wildman–Crippen LogP) is 33.4. The number of rotatable bonds is 73. The van der Waals surface area contributed by atoms with Gasteiger partial charge in [0, 0.05) is 24.0 Å². The Balaban J connectivity index is 1.76. The lowest BCUT2D eigenvalue weighted by Gasteiger charge is -2.17. The molecule has 1 unspecified atom stereocenters. The molecule has 2 rings (SSSR count). The molecule has 95 heavy (non-hydrogen) atoms. The van der Waals surface area contributed by atoms with E-state index in [2.05, 4.69) is 106 Å². The lowest BCUT2D eigenvalue weighted by molar-refractivity contribution is 0.517. The van der Waals surface area contributed by atoms with Crippen LogP contribution in [0.4, 0.5) is 0 Å². The Morgan fingerprint density at radius 3 is 0.821 bits per heavy atom. The minimum Gasteiger partial charge on any atom is -0.0979 e. The van der Waals surface area contributed by atoms with Gasteiger partial charge < -0.3 is 0 Å². The molecule has 2 aromatic carbocycles. The summed E-state index contributed by atoms with van der Waals surface area (Å²) in [6, 6.07) is 18.7. The highest BCUT2D eigenvalue weighted by atomic mass is 14.2. The first kappa shape index (κ1) is 88.4. The van der Waals surface area contributed by atoms with Gasteiger partial charge in [0.2, 0.25) is 0 Å². The summed E-state index contributed by atoms with van der Waals surface area (Å²) in [5, 5.41) is 0. The van der Waals surface area contributed by atoms with Crippen molar-refractivity contribution >= 4 is 5.57 Å². The van der Waals surface area contributed by atoms with Crippen molar-refractivity contribution in [1.29, 1.82) is 0 Å². The molecule has 0 spiro atoms. The van der Waals surface area contributed by atoms with Crippen LogP contribution in [0.5, 0.6) is 0 Å². The molecule has 2 aromatic rings. The molecule has 0 heterocycles. The molecule has 0 amide bonds. The highest BCUT2D eigenvalue weighted by Crippen LogP contribution is 2.29. The van der Waals surface area contributed by atoms with Gasteiger partial charge in [0.25, 0.3) is 0 Å². The Bertz CT molecular complexity index is 2010. The highest BCUT2D eigenvalue weighted by molar-refractivity contribution is 5.67. The molecule has 1 atom stereocenters. The number of allylic oxidation sites excluding steroid dienone is 2. The maximum Gasteiger partial charge on any atom is 0.0251 e. The van der Waals surface area contributed by atoms with Crippen LogP contribution in [0.2, 0.25) is 0 Å². The van der Waals surface area contributed by atoms with Crippen molar-refractivity contribution in [2.75, 3.05) is 0 Å². The summed E-state index contributed by atoms with van der Waals surface area (Å²) in [6.45, 7) is 9.32. The summed E-state index contributed by atoms with van der Waals surface area (Å²) >= 11 is 0. The van der Waals surface area contributed by atoms with Gasteiger partial charge in [0.05, 0.1) is 0 Å². The molecule has 0 radical (unpaired) electrons. The topological polar surface area (TPSA) is 0 Å². The first-order chi connectivity index (χ1) is 47.2. The summed E-state index contributed by atoms with van der Waals surface area (Å²) in [5.74, 6) is 15.0. The fourth-order valence-corrected chi connectivity index (χ4v) is 14.9. The standard InChI is InChI=1S/C95H166/c1-5-9-13-16-19-22-25-28-31-34-36-38-40-42-44-46-48-50-53-55-58-61-64-67-70-73-79-90-81-76-83-92(86-90)87-93(78-12-8-4)89-94(84-75-72-69-66-63-60-57-52-33-30-27-24-21-18-15-11-7-3)95-85-77-82-91(88-95)80-74-71-68-65-62-59-56-54-51-49-47-45-43-41-39-37-35-32-29-26-23-20-17-14-10-6-2/h76-77,81-83,85-86,88-89,93H,5-72,75,78,84,87H2,1-4H3. The summed E-state index contributed by atoms with van der Waals surface area (Å²) in [7, 11) is 0. The SMILES string of the molecule is CCCCCCCCCCCCCCCCCCCCCCCCCCC#Cc1cccc(CC(C=C(CCCCCCCCCCCCCCCCCCC)c2cccc(C#CCCCCCCCCCCCCCCCCCCCCCCCCCC)c2)CCCC)c1. The zero-order valence-electron chi connectivity index (χ0n) is 65.2. The Kier molecular flexibility index (Phi) is 68.8. The quantitative estimate of drug-likeness (QED) is 0.0457. The van der Waals surface area contributed by atoms with Gasteiger partial charge in [-0.25, -0.2) is 0 Å². The molecule has 0 aliphatic heterocycles. The number of hydrogen-bond acceptors (Lipinski definition) is 0. The Labute approximate surface area is 598 Å². The van der Waals surface area contributed by atoms with Gasteiger partial charge in [-0.05, 0) is 85.4 Å². The van der Waals surface area contributed by atoms with Crippen LogP contribution in [0, 0.1) is 29.6 Å². The Morgan fingerprint density at radius 1 is 0.274 bits per heavy atom. The van der Waals surface area contributed by atoms with Crippen LogP contribution in [-0.4, -0.2) is 0 Å². The fourth-order valence-electron chi connectivity index (χ4n) is 14.9. The van der Waals surface area contributed by atoms with Crippen molar-refractivity contribution in [3.63, 3.8) is 0 Å². The van der Waals surface area contributed by atoms with Crippen molar-refractivity contribution < 1.29 is 0 Å². The number of benzene rings is 2. The first-order valence-electron chi connectivity index (χ1n) is 44.1. The van der Waals surface area contributed by atoms with Gasteiger partial charge in [-0.1, -0.05) is 493 Å². The molecule has 0 aliphatic carbocycles. The van der Waals surface area contributed by atoms with Crippen LogP contribution in [0.1, 0.15) is 506 Å². The average molecular weight is 1310 g/mol. The molecule has 0 N–H and O–H groups in total. The van der Waals surface area contributed by atoms with Gasteiger partial charge in [-0.3, -0.25) is 0 Å². The fraction of sp³-hybridized carbons (Fsp3) is 0.811. The van der Waals surface area contributed by atoms with E-state index < -0.39 is 0 Å². The molecule has 0 fully saturated rings. The maximum absolute atomic E-state index is 3.63. The van der Waals surface area contributed by atoms with Crippen LogP contribution < -0.4 is 0 Å². The monoisotopic (exact) mass is 1310 g/mol. The minimum atomic E-state index is 0.524. The first-order valence-corrected chi connectivity index (χ1v) is 44.1. The van der Waals surface area contributed by atoms with Gasteiger partial charge in [-0.15, -0.1) is 0 Å². The molecule has 0 aliphatic rings. The van der Waals surface area contributed by atoms with Crippen LogP contribution in [-0.2, 0) is 6.42 Å². The van der Waals surface area contributed by atoms with Crippen molar-refractivity contribution in [2.24, 2.45) is 5.92 Å². The zero-order valence-corrected chi connectivity index (χ0v) is 65.2. The maximum atomic E-state index is 3.63. The normalized spacial score (nSPS) is 11.9. The Hall–Kier alpha value is -2.70. The smallest absolute Gasteiger partial charge is 0.0251 e. The van der Waals surface area contributed by atoms with E-state index in [1.165, 1.54) is 465 Å². The molecular formula is C95H166. The molecular weight excluding hydrogens is 1140 g/mol. The van der Waals surface area contributed by atoms with E-state index in [0.29, 0.717) is 5.92 Å². The van der Waals surface area contributed by atoms with Crippen LogP contribution in [0.25, 0.3) is 5.57 Å². The molecule has 0 saturated carbocycles. The Morgan fingerprint density at radius 2 is 0.526 bits per heavy atom. The third kappa shape index (κ3) is 62.1. The molecule has 0 heteroatoms. The van der Waals surface area contributed by atoms with Crippen LogP contribution in [0.3, 0.4) is 0 Å².